The Morgan fingerprint density at radius 3 is 2.41 bits per heavy atom. The second-order valence-electron chi connectivity index (χ2n) is 5.09. The first-order valence-electron chi connectivity index (χ1n) is 6.38. The van der Waals surface area contributed by atoms with Gasteiger partial charge < -0.3 is 24.8 Å². The highest BCUT2D eigenvalue weighted by Crippen LogP contribution is 2.29. The van der Waals surface area contributed by atoms with Crippen molar-refractivity contribution in [3.05, 3.63) is 0 Å². The molecule has 100 valence electrons. The minimum atomic E-state index is -0.974. The summed E-state index contributed by atoms with van der Waals surface area (Å²) in [6.07, 6.45) is 0.490. The van der Waals surface area contributed by atoms with Gasteiger partial charge in [0, 0.05) is 19.1 Å². The molecule has 0 aromatic heterocycles. The van der Waals surface area contributed by atoms with E-state index in [-0.39, 0.29) is 12.5 Å². The highest BCUT2D eigenvalue weighted by atomic mass is 16.5. The SMILES string of the molecule is OC[C@H]1OC[C@@H](CC2CCOCC2)[C@@H](O)[C@H]1O. The highest BCUT2D eigenvalue weighted by molar-refractivity contribution is 4.87. The Balaban J connectivity index is 1.84. The summed E-state index contributed by atoms with van der Waals surface area (Å²) in [5.41, 5.74) is 0. The lowest BCUT2D eigenvalue weighted by atomic mass is 9.82. The summed E-state index contributed by atoms with van der Waals surface area (Å²) in [4.78, 5) is 0. The molecule has 2 aliphatic heterocycles. The van der Waals surface area contributed by atoms with Gasteiger partial charge in [-0.05, 0) is 25.2 Å². The Morgan fingerprint density at radius 2 is 1.76 bits per heavy atom. The molecule has 5 nitrogen and oxygen atoms in total. The first-order chi connectivity index (χ1) is 8.22. The quantitative estimate of drug-likeness (QED) is 0.627. The summed E-state index contributed by atoms with van der Waals surface area (Å²) in [6.45, 7) is 1.75. The van der Waals surface area contributed by atoms with Crippen molar-refractivity contribution in [3.63, 3.8) is 0 Å². The fraction of sp³-hybridized carbons (Fsp3) is 1.00. The summed E-state index contributed by atoms with van der Waals surface area (Å²) in [5, 5.41) is 28.7. The standard InChI is InChI=1S/C12H22O5/c13-6-10-12(15)11(14)9(7-17-10)5-8-1-3-16-4-2-8/h8-15H,1-7H2/t9-,10-,11-,12+/m1/s1. The zero-order valence-corrected chi connectivity index (χ0v) is 9.99. The molecule has 0 unspecified atom stereocenters. The van der Waals surface area contributed by atoms with Gasteiger partial charge in [0.25, 0.3) is 0 Å². The van der Waals surface area contributed by atoms with Crippen molar-refractivity contribution in [2.24, 2.45) is 11.8 Å². The van der Waals surface area contributed by atoms with Gasteiger partial charge in [0.05, 0.1) is 19.3 Å². The van der Waals surface area contributed by atoms with Crippen LogP contribution in [-0.2, 0) is 9.47 Å². The second-order valence-corrected chi connectivity index (χ2v) is 5.09. The van der Waals surface area contributed by atoms with E-state index in [0.717, 1.165) is 32.5 Å². The molecular formula is C12H22O5. The predicted octanol–water partition coefficient (Wildman–Crippen LogP) is -0.468. The summed E-state index contributed by atoms with van der Waals surface area (Å²) in [6, 6.07) is 0. The zero-order chi connectivity index (χ0) is 12.3. The molecule has 0 saturated carbocycles. The normalized spacial score (nSPS) is 40.4. The lowest BCUT2D eigenvalue weighted by Gasteiger charge is -2.38. The Bertz CT molecular complexity index is 229. The first kappa shape index (κ1) is 13.2. The van der Waals surface area contributed by atoms with Crippen molar-refractivity contribution in [3.8, 4) is 0 Å². The van der Waals surface area contributed by atoms with Gasteiger partial charge in [0.1, 0.15) is 12.2 Å². The van der Waals surface area contributed by atoms with E-state index >= 15 is 0 Å². The van der Waals surface area contributed by atoms with Crippen molar-refractivity contribution in [2.45, 2.75) is 37.6 Å². The van der Waals surface area contributed by atoms with Crippen LogP contribution in [0.15, 0.2) is 0 Å². The summed E-state index contributed by atoms with van der Waals surface area (Å²) in [7, 11) is 0. The molecule has 0 aromatic carbocycles. The summed E-state index contributed by atoms with van der Waals surface area (Å²) < 4.78 is 10.7. The minimum Gasteiger partial charge on any atom is -0.394 e. The molecular weight excluding hydrogens is 224 g/mol. The fourth-order valence-corrected chi connectivity index (χ4v) is 2.72. The molecule has 0 bridgehead atoms. The van der Waals surface area contributed by atoms with E-state index in [1.807, 2.05) is 0 Å². The van der Waals surface area contributed by atoms with E-state index in [9.17, 15) is 10.2 Å². The van der Waals surface area contributed by atoms with Crippen LogP contribution in [0, 0.1) is 11.8 Å². The zero-order valence-electron chi connectivity index (χ0n) is 9.99. The Kier molecular flexibility index (Phi) is 4.76. The lowest BCUT2D eigenvalue weighted by Crippen LogP contribution is -2.51. The van der Waals surface area contributed by atoms with Crippen molar-refractivity contribution < 1.29 is 24.8 Å². The number of hydrogen-bond donors (Lipinski definition) is 3. The maximum absolute atomic E-state index is 10.00. The van der Waals surface area contributed by atoms with Crippen molar-refractivity contribution in [1.82, 2.24) is 0 Å². The van der Waals surface area contributed by atoms with Crippen LogP contribution in [0.4, 0.5) is 0 Å². The Labute approximate surface area is 101 Å². The van der Waals surface area contributed by atoms with E-state index in [1.165, 1.54) is 0 Å². The molecule has 2 fully saturated rings. The highest BCUT2D eigenvalue weighted by Gasteiger charge is 2.38. The van der Waals surface area contributed by atoms with Gasteiger partial charge in [-0.3, -0.25) is 0 Å². The molecule has 2 rings (SSSR count). The molecule has 2 aliphatic rings. The minimum absolute atomic E-state index is 0.0316. The van der Waals surface area contributed by atoms with E-state index in [4.69, 9.17) is 14.6 Å². The molecule has 0 spiro atoms. The Morgan fingerprint density at radius 1 is 1.06 bits per heavy atom. The van der Waals surface area contributed by atoms with Crippen LogP contribution >= 0.6 is 0 Å². The van der Waals surface area contributed by atoms with Crippen LogP contribution in [0.5, 0.6) is 0 Å². The average molecular weight is 246 g/mol. The second kappa shape index (κ2) is 6.11. The molecule has 0 radical (unpaired) electrons. The van der Waals surface area contributed by atoms with Gasteiger partial charge in [-0.25, -0.2) is 0 Å². The van der Waals surface area contributed by atoms with Crippen LogP contribution in [0.1, 0.15) is 19.3 Å². The van der Waals surface area contributed by atoms with Gasteiger partial charge in [0.15, 0.2) is 0 Å². The van der Waals surface area contributed by atoms with Crippen molar-refractivity contribution in [1.29, 1.82) is 0 Å². The third kappa shape index (κ3) is 3.17. The van der Waals surface area contributed by atoms with Crippen LogP contribution in [0.2, 0.25) is 0 Å². The molecule has 17 heavy (non-hydrogen) atoms. The largest absolute Gasteiger partial charge is 0.394 e. The van der Waals surface area contributed by atoms with Crippen LogP contribution in [0.3, 0.4) is 0 Å². The molecule has 3 N–H and O–H groups in total. The Hall–Kier alpha value is -0.200. The monoisotopic (exact) mass is 246 g/mol. The van der Waals surface area contributed by atoms with E-state index in [0.29, 0.717) is 12.5 Å². The fourth-order valence-electron chi connectivity index (χ4n) is 2.72. The van der Waals surface area contributed by atoms with Crippen LogP contribution in [0.25, 0.3) is 0 Å². The number of aliphatic hydroxyl groups is 3. The van der Waals surface area contributed by atoms with Gasteiger partial charge in [-0.1, -0.05) is 0 Å². The molecule has 2 heterocycles. The summed E-state index contributed by atoms with van der Waals surface area (Å²) in [5.74, 6) is 0.515. The van der Waals surface area contributed by atoms with Crippen molar-refractivity contribution >= 4 is 0 Å². The molecule has 0 aromatic rings. The van der Waals surface area contributed by atoms with E-state index in [1.54, 1.807) is 0 Å². The molecule has 0 aliphatic carbocycles. The van der Waals surface area contributed by atoms with Gasteiger partial charge in [-0.15, -0.1) is 0 Å². The van der Waals surface area contributed by atoms with Crippen molar-refractivity contribution in [2.75, 3.05) is 26.4 Å². The number of aliphatic hydroxyl groups excluding tert-OH is 3. The molecule has 2 saturated heterocycles. The maximum atomic E-state index is 10.00. The number of rotatable bonds is 3. The molecule has 4 atom stereocenters. The van der Waals surface area contributed by atoms with E-state index in [2.05, 4.69) is 0 Å². The van der Waals surface area contributed by atoms with E-state index < -0.39 is 18.3 Å². The van der Waals surface area contributed by atoms with Gasteiger partial charge >= 0.3 is 0 Å². The number of ether oxygens (including phenoxy) is 2. The van der Waals surface area contributed by atoms with Gasteiger partial charge in [0.2, 0.25) is 0 Å². The average Bonchev–Trinajstić information content (AvgIpc) is 2.37. The third-order valence-corrected chi connectivity index (χ3v) is 3.90. The predicted molar refractivity (Wildman–Crippen MR) is 60.5 cm³/mol. The third-order valence-electron chi connectivity index (χ3n) is 3.90. The maximum Gasteiger partial charge on any atom is 0.109 e. The van der Waals surface area contributed by atoms with Gasteiger partial charge in [-0.2, -0.15) is 0 Å². The molecule has 5 heteroatoms. The smallest absolute Gasteiger partial charge is 0.109 e. The molecule has 0 amide bonds. The van der Waals surface area contributed by atoms with Crippen LogP contribution < -0.4 is 0 Å². The summed E-state index contributed by atoms with van der Waals surface area (Å²) >= 11 is 0. The lowest BCUT2D eigenvalue weighted by molar-refractivity contribution is -0.178. The number of hydrogen-bond acceptors (Lipinski definition) is 5. The van der Waals surface area contributed by atoms with Crippen LogP contribution in [-0.4, -0.2) is 60.1 Å². The first-order valence-corrected chi connectivity index (χ1v) is 6.38. The topological polar surface area (TPSA) is 79.2 Å².